The molecule has 8 heteroatoms. The maximum Gasteiger partial charge on any atom is 0.298 e. The van der Waals surface area contributed by atoms with E-state index in [0.717, 1.165) is 4.90 Å². The van der Waals surface area contributed by atoms with Crippen molar-refractivity contribution in [3.05, 3.63) is 64.8 Å². The zero-order chi connectivity index (χ0) is 18.4. The first kappa shape index (κ1) is 16.3. The molecule has 130 valence electrons. The number of nitrogens with one attached hydrogen (secondary N) is 1. The zero-order valence-electron chi connectivity index (χ0n) is 13.1. The van der Waals surface area contributed by atoms with Gasteiger partial charge in [0.15, 0.2) is 0 Å². The van der Waals surface area contributed by atoms with Crippen LogP contribution in [-0.2, 0) is 9.59 Å². The standard InChI is InChI=1S/C18H11FN2O4S/c19-9-4-5-14-12(6-9)13(16(23)20-14)8-15-17(24)21(18(25)26-15)10-2-1-3-11(22)7-10/h1-8,13,22H,(H,20,23)/b15-8-. The monoisotopic (exact) mass is 370 g/mol. The van der Waals surface area contributed by atoms with Crippen molar-refractivity contribution in [2.24, 2.45) is 0 Å². The Balaban J connectivity index is 1.69. The molecule has 2 aromatic carbocycles. The molecular formula is C18H11FN2O4S. The number of nitrogens with zero attached hydrogens (tertiary/aromatic N) is 1. The number of rotatable bonds is 2. The minimum atomic E-state index is -0.857. The third-order valence-electron chi connectivity index (χ3n) is 4.09. The predicted octanol–water partition coefficient (Wildman–Crippen LogP) is 3.35. The number of carbonyl (C=O) groups is 3. The highest BCUT2D eigenvalue weighted by atomic mass is 32.2. The van der Waals surface area contributed by atoms with Crippen LogP contribution in [0, 0.1) is 5.82 Å². The van der Waals surface area contributed by atoms with Gasteiger partial charge in [0.1, 0.15) is 11.6 Å². The van der Waals surface area contributed by atoms with Gasteiger partial charge in [0, 0.05) is 11.8 Å². The number of hydrogen-bond acceptors (Lipinski definition) is 5. The number of fused-ring (bicyclic) bond motifs is 1. The number of thioether (sulfide) groups is 1. The van der Waals surface area contributed by atoms with E-state index < -0.39 is 28.8 Å². The molecule has 1 fully saturated rings. The van der Waals surface area contributed by atoms with Gasteiger partial charge >= 0.3 is 0 Å². The lowest BCUT2D eigenvalue weighted by atomic mass is 10.00. The van der Waals surface area contributed by atoms with Crippen molar-refractivity contribution in [1.29, 1.82) is 0 Å². The van der Waals surface area contributed by atoms with Crippen LogP contribution >= 0.6 is 11.8 Å². The van der Waals surface area contributed by atoms with E-state index >= 15 is 0 Å². The van der Waals surface area contributed by atoms with Gasteiger partial charge in [-0.1, -0.05) is 6.07 Å². The topological polar surface area (TPSA) is 86.7 Å². The molecule has 0 aliphatic carbocycles. The normalized spacial score (nSPS) is 20.7. The first-order valence-corrected chi connectivity index (χ1v) is 8.43. The predicted molar refractivity (Wildman–Crippen MR) is 94.4 cm³/mol. The van der Waals surface area contributed by atoms with E-state index in [1.54, 1.807) is 0 Å². The van der Waals surface area contributed by atoms with Crippen molar-refractivity contribution in [3.8, 4) is 5.75 Å². The van der Waals surface area contributed by atoms with Gasteiger partial charge in [-0.05, 0) is 53.7 Å². The molecule has 6 nitrogen and oxygen atoms in total. The van der Waals surface area contributed by atoms with Crippen LogP contribution in [-0.4, -0.2) is 22.2 Å². The number of halogens is 1. The Bertz CT molecular complexity index is 1000. The van der Waals surface area contributed by atoms with Crippen LogP contribution in [0.15, 0.2) is 53.4 Å². The Labute approximate surface area is 151 Å². The Morgan fingerprint density at radius 1 is 1.15 bits per heavy atom. The highest BCUT2D eigenvalue weighted by Crippen LogP contribution is 2.40. The Morgan fingerprint density at radius 2 is 1.96 bits per heavy atom. The quantitative estimate of drug-likeness (QED) is 0.792. The molecule has 4 rings (SSSR count). The minimum absolute atomic E-state index is 0.0786. The Kier molecular flexibility index (Phi) is 3.77. The smallest absolute Gasteiger partial charge is 0.298 e. The molecule has 0 spiro atoms. The highest BCUT2D eigenvalue weighted by Gasteiger charge is 2.39. The Hall–Kier alpha value is -3.13. The van der Waals surface area contributed by atoms with E-state index in [0.29, 0.717) is 23.0 Å². The third-order valence-corrected chi connectivity index (χ3v) is 4.98. The van der Waals surface area contributed by atoms with Crippen LogP contribution in [0.1, 0.15) is 11.5 Å². The largest absolute Gasteiger partial charge is 0.508 e. The first-order valence-electron chi connectivity index (χ1n) is 7.61. The summed E-state index contributed by atoms with van der Waals surface area (Å²) in [5, 5.41) is 11.6. The third kappa shape index (κ3) is 2.64. The molecule has 2 aromatic rings. The molecule has 0 saturated carbocycles. The fourth-order valence-electron chi connectivity index (χ4n) is 2.91. The lowest BCUT2D eigenvalue weighted by Crippen LogP contribution is -2.27. The van der Waals surface area contributed by atoms with E-state index in [9.17, 15) is 23.9 Å². The fraction of sp³-hybridized carbons (Fsp3) is 0.0556. The van der Waals surface area contributed by atoms with Crippen molar-refractivity contribution in [3.63, 3.8) is 0 Å². The van der Waals surface area contributed by atoms with Gasteiger partial charge in [0.25, 0.3) is 11.1 Å². The maximum atomic E-state index is 13.5. The number of anilines is 2. The fourth-order valence-corrected chi connectivity index (χ4v) is 3.76. The molecule has 1 saturated heterocycles. The lowest BCUT2D eigenvalue weighted by molar-refractivity contribution is -0.116. The number of hydrogen-bond donors (Lipinski definition) is 2. The molecule has 2 aliphatic heterocycles. The molecular weight excluding hydrogens is 359 g/mol. The number of phenols is 1. The summed E-state index contributed by atoms with van der Waals surface area (Å²) < 4.78 is 13.5. The van der Waals surface area contributed by atoms with Crippen molar-refractivity contribution in [1.82, 2.24) is 0 Å². The van der Waals surface area contributed by atoms with Gasteiger partial charge < -0.3 is 10.4 Å². The van der Waals surface area contributed by atoms with Crippen molar-refractivity contribution >= 4 is 40.2 Å². The van der Waals surface area contributed by atoms with Crippen molar-refractivity contribution in [2.45, 2.75) is 5.92 Å². The summed E-state index contributed by atoms with van der Waals surface area (Å²) in [6.45, 7) is 0. The number of imide groups is 1. The van der Waals surface area contributed by atoms with Gasteiger partial charge in [-0.15, -0.1) is 0 Å². The maximum absolute atomic E-state index is 13.5. The molecule has 0 radical (unpaired) electrons. The SMILES string of the molecule is O=C1Nc2ccc(F)cc2C1/C=C1\SC(=O)N(c2cccc(O)c2)C1=O. The number of amides is 3. The second kappa shape index (κ2) is 5.99. The second-order valence-electron chi connectivity index (χ2n) is 5.76. The molecule has 0 bridgehead atoms. The van der Waals surface area contributed by atoms with Crippen molar-refractivity contribution in [2.75, 3.05) is 10.2 Å². The lowest BCUT2D eigenvalue weighted by Gasteiger charge is -2.12. The van der Waals surface area contributed by atoms with Crippen LogP contribution in [0.2, 0.25) is 0 Å². The average Bonchev–Trinajstić information content (AvgIpc) is 3.04. The highest BCUT2D eigenvalue weighted by molar-refractivity contribution is 8.18. The van der Waals surface area contributed by atoms with Crippen LogP contribution in [0.5, 0.6) is 5.75 Å². The summed E-state index contributed by atoms with van der Waals surface area (Å²) in [7, 11) is 0. The van der Waals surface area contributed by atoms with Crippen LogP contribution in [0.3, 0.4) is 0 Å². The molecule has 2 heterocycles. The van der Waals surface area contributed by atoms with E-state index in [1.807, 2.05) is 0 Å². The Morgan fingerprint density at radius 3 is 2.73 bits per heavy atom. The molecule has 1 atom stereocenters. The van der Waals surface area contributed by atoms with Crippen molar-refractivity contribution < 1.29 is 23.9 Å². The molecule has 3 amide bonds. The number of carbonyl (C=O) groups excluding carboxylic acids is 3. The number of phenolic OH excluding ortho intramolecular Hbond substituents is 1. The molecule has 1 unspecified atom stereocenters. The number of aromatic hydroxyl groups is 1. The second-order valence-corrected chi connectivity index (χ2v) is 6.75. The average molecular weight is 370 g/mol. The van der Waals surface area contributed by atoms with Crippen LogP contribution in [0.25, 0.3) is 0 Å². The summed E-state index contributed by atoms with van der Waals surface area (Å²) >= 11 is 0.693. The van der Waals surface area contributed by atoms with Gasteiger partial charge in [-0.3, -0.25) is 14.4 Å². The zero-order valence-corrected chi connectivity index (χ0v) is 13.9. The minimum Gasteiger partial charge on any atom is -0.508 e. The van der Waals surface area contributed by atoms with Crippen LogP contribution < -0.4 is 10.2 Å². The van der Waals surface area contributed by atoms with Gasteiger partial charge in [0.2, 0.25) is 5.91 Å². The van der Waals surface area contributed by atoms with E-state index in [1.165, 1.54) is 48.5 Å². The van der Waals surface area contributed by atoms with Gasteiger partial charge in [-0.2, -0.15) is 0 Å². The first-order chi connectivity index (χ1) is 12.4. The number of benzene rings is 2. The summed E-state index contributed by atoms with van der Waals surface area (Å²) in [5.74, 6) is -2.42. The van der Waals surface area contributed by atoms with Gasteiger partial charge in [0.05, 0.1) is 16.5 Å². The summed E-state index contributed by atoms with van der Waals surface area (Å²) in [4.78, 5) is 38.1. The van der Waals surface area contributed by atoms with Crippen LogP contribution in [0.4, 0.5) is 20.6 Å². The molecule has 0 aromatic heterocycles. The van der Waals surface area contributed by atoms with E-state index in [2.05, 4.69) is 5.32 Å². The van der Waals surface area contributed by atoms with E-state index in [-0.39, 0.29) is 16.3 Å². The summed E-state index contributed by atoms with van der Waals surface area (Å²) in [6.07, 6.45) is 1.37. The molecule has 26 heavy (non-hydrogen) atoms. The summed E-state index contributed by atoms with van der Waals surface area (Å²) in [6, 6.07) is 9.67. The van der Waals surface area contributed by atoms with Gasteiger partial charge in [-0.25, -0.2) is 9.29 Å². The van der Waals surface area contributed by atoms with E-state index in [4.69, 9.17) is 0 Å². The summed E-state index contributed by atoms with van der Waals surface area (Å²) in [5.41, 5.74) is 1.13. The molecule has 2 N–H and O–H groups in total. The molecule has 2 aliphatic rings.